The molecule has 0 bridgehead atoms. The third-order valence-corrected chi connectivity index (χ3v) is 3.22. The van der Waals surface area contributed by atoms with E-state index in [0.29, 0.717) is 12.0 Å². The Morgan fingerprint density at radius 2 is 2.00 bits per heavy atom. The molecule has 0 spiro atoms. The van der Waals surface area contributed by atoms with Gasteiger partial charge in [-0.2, -0.15) is 0 Å². The molecule has 0 radical (unpaired) electrons. The van der Waals surface area contributed by atoms with Gasteiger partial charge in [-0.05, 0) is 31.7 Å². The minimum absolute atomic E-state index is 0.453. The molecule has 2 N–H and O–H groups in total. The predicted molar refractivity (Wildman–Crippen MR) is 60.3 cm³/mol. The number of ether oxygens (including phenoxy) is 1. The van der Waals surface area contributed by atoms with Gasteiger partial charge in [0.1, 0.15) is 0 Å². The van der Waals surface area contributed by atoms with Crippen LogP contribution in [-0.4, -0.2) is 19.3 Å². The smallest absolute Gasteiger partial charge is 0.0615 e. The highest BCUT2D eigenvalue weighted by Crippen LogP contribution is 2.25. The number of rotatable bonds is 5. The SMILES string of the molecule is CCCCOC1CCCCCC1CN. The first-order valence-corrected chi connectivity index (χ1v) is 6.20. The number of hydrogen-bond donors (Lipinski definition) is 1. The van der Waals surface area contributed by atoms with Gasteiger partial charge >= 0.3 is 0 Å². The van der Waals surface area contributed by atoms with Gasteiger partial charge in [-0.15, -0.1) is 0 Å². The lowest BCUT2D eigenvalue weighted by molar-refractivity contribution is 0.00908. The zero-order chi connectivity index (χ0) is 10.2. The molecule has 0 amide bonds. The van der Waals surface area contributed by atoms with Gasteiger partial charge in [0, 0.05) is 6.61 Å². The van der Waals surface area contributed by atoms with Crippen LogP contribution >= 0.6 is 0 Å². The first-order valence-electron chi connectivity index (χ1n) is 6.20. The second kappa shape index (κ2) is 7.24. The van der Waals surface area contributed by atoms with Gasteiger partial charge in [-0.1, -0.05) is 32.6 Å². The topological polar surface area (TPSA) is 35.2 Å². The normalized spacial score (nSPS) is 28.7. The van der Waals surface area contributed by atoms with Crippen LogP contribution in [-0.2, 0) is 4.74 Å². The summed E-state index contributed by atoms with van der Waals surface area (Å²) in [7, 11) is 0. The molecule has 84 valence electrons. The summed E-state index contributed by atoms with van der Waals surface area (Å²) < 4.78 is 5.93. The second-order valence-electron chi connectivity index (χ2n) is 4.40. The summed E-state index contributed by atoms with van der Waals surface area (Å²) in [5.41, 5.74) is 5.79. The Hall–Kier alpha value is -0.0800. The van der Waals surface area contributed by atoms with Crippen LogP contribution in [0.1, 0.15) is 51.9 Å². The monoisotopic (exact) mass is 199 g/mol. The van der Waals surface area contributed by atoms with Crippen molar-refractivity contribution in [2.24, 2.45) is 11.7 Å². The van der Waals surface area contributed by atoms with Gasteiger partial charge in [-0.3, -0.25) is 0 Å². The lowest BCUT2D eigenvalue weighted by atomic mass is 9.97. The first-order chi connectivity index (χ1) is 6.88. The van der Waals surface area contributed by atoms with E-state index in [1.54, 1.807) is 0 Å². The van der Waals surface area contributed by atoms with Crippen molar-refractivity contribution >= 4 is 0 Å². The lowest BCUT2D eigenvalue weighted by Crippen LogP contribution is -2.29. The van der Waals surface area contributed by atoms with Gasteiger partial charge in [0.2, 0.25) is 0 Å². The van der Waals surface area contributed by atoms with Crippen LogP contribution < -0.4 is 5.73 Å². The third-order valence-electron chi connectivity index (χ3n) is 3.22. The highest BCUT2D eigenvalue weighted by atomic mass is 16.5. The molecule has 0 saturated heterocycles. The van der Waals surface area contributed by atoms with Crippen molar-refractivity contribution in [1.82, 2.24) is 0 Å². The Morgan fingerprint density at radius 1 is 1.21 bits per heavy atom. The summed E-state index contributed by atoms with van der Waals surface area (Å²) in [5.74, 6) is 0.620. The zero-order valence-electron chi connectivity index (χ0n) is 9.50. The second-order valence-corrected chi connectivity index (χ2v) is 4.40. The Morgan fingerprint density at radius 3 is 2.71 bits per heavy atom. The van der Waals surface area contributed by atoms with E-state index in [1.165, 1.54) is 44.9 Å². The fourth-order valence-electron chi connectivity index (χ4n) is 2.22. The molecule has 14 heavy (non-hydrogen) atoms. The fourth-order valence-corrected chi connectivity index (χ4v) is 2.22. The lowest BCUT2D eigenvalue weighted by Gasteiger charge is -2.24. The molecule has 1 aliphatic carbocycles. The van der Waals surface area contributed by atoms with E-state index < -0.39 is 0 Å². The maximum atomic E-state index is 5.93. The Balaban J connectivity index is 2.28. The standard InChI is InChI=1S/C12H25NO/c1-2-3-9-14-12-8-6-4-5-7-11(12)10-13/h11-12H,2-10,13H2,1H3. The minimum Gasteiger partial charge on any atom is -0.378 e. The van der Waals surface area contributed by atoms with Crippen molar-refractivity contribution in [3.8, 4) is 0 Å². The number of hydrogen-bond acceptors (Lipinski definition) is 2. The summed E-state index contributed by atoms with van der Waals surface area (Å²) in [4.78, 5) is 0. The van der Waals surface area contributed by atoms with Gasteiger partial charge in [-0.25, -0.2) is 0 Å². The molecule has 0 aromatic heterocycles. The molecular formula is C12H25NO. The van der Waals surface area contributed by atoms with Crippen LogP contribution in [0, 0.1) is 5.92 Å². The molecule has 2 heteroatoms. The molecule has 1 saturated carbocycles. The van der Waals surface area contributed by atoms with Crippen molar-refractivity contribution in [1.29, 1.82) is 0 Å². The van der Waals surface area contributed by atoms with Crippen LogP contribution in [0.4, 0.5) is 0 Å². The molecule has 0 heterocycles. The number of nitrogens with two attached hydrogens (primary N) is 1. The van der Waals surface area contributed by atoms with Crippen molar-refractivity contribution in [2.45, 2.75) is 58.0 Å². The van der Waals surface area contributed by atoms with Crippen LogP contribution in [0.5, 0.6) is 0 Å². The van der Waals surface area contributed by atoms with E-state index in [-0.39, 0.29) is 0 Å². The maximum Gasteiger partial charge on any atom is 0.0615 e. The molecule has 1 rings (SSSR count). The molecule has 0 aromatic rings. The Kier molecular flexibility index (Phi) is 6.20. The molecule has 2 unspecified atom stereocenters. The average Bonchev–Trinajstić information content (AvgIpc) is 2.43. The summed E-state index contributed by atoms with van der Waals surface area (Å²) in [6.45, 7) is 3.94. The highest BCUT2D eigenvalue weighted by molar-refractivity contribution is 4.75. The van der Waals surface area contributed by atoms with Gasteiger partial charge < -0.3 is 10.5 Å². The molecule has 2 atom stereocenters. The van der Waals surface area contributed by atoms with Crippen LogP contribution in [0.3, 0.4) is 0 Å². The van der Waals surface area contributed by atoms with Crippen LogP contribution in [0.15, 0.2) is 0 Å². The molecular weight excluding hydrogens is 174 g/mol. The van der Waals surface area contributed by atoms with E-state index in [0.717, 1.165) is 13.2 Å². The molecule has 2 nitrogen and oxygen atoms in total. The Labute approximate surface area is 88.2 Å². The van der Waals surface area contributed by atoms with E-state index in [1.807, 2.05) is 0 Å². The van der Waals surface area contributed by atoms with Crippen molar-refractivity contribution < 1.29 is 4.74 Å². The average molecular weight is 199 g/mol. The zero-order valence-corrected chi connectivity index (χ0v) is 9.50. The quantitative estimate of drug-likeness (QED) is 0.546. The number of unbranched alkanes of at least 4 members (excludes halogenated alkanes) is 1. The summed E-state index contributed by atoms with van der Waals surface area (Å²) in [5, 5.41) is 0. The molecule has 1 aliphatic rings. The molecule has 0 aliphatic heterocycles. The van der Waals surface area contributed by atoms with Crippen molar-refractivity contribution in [3.63, 3.8) is 0 Å². The molecule has 0 aromatic carbocycles. The van der Waals surface area contributed by atoms with Gasteiger partial charge in [0.25, 0.3) is 0 Å². The maximum absolute atomic E-state index is 5.93. The highest BCUT2D eigenvalue weighted by Gasteiger charge is 2.22. The van der Waals surface area contributed by atoms with E-state index in [2.05, 4.69) is 6.92 Å². The summed E-state index contributed by atoms with van der Waals surface area (Å²) >= 11 is 0. The van der Waals surface area contributed by atoms with Gasteiger partial charge in [0.05, 0.1) is 6.10 Å². The van der Waals surface area contributed by atoms with E-state index in [9.17, 15) is 0 Å². The Bertz CT molecular complexity index is 138. The van der Waals surface area contributed by atoms with E-state index >= 15 is 0 Å². The predicted octanol–water partition coefficient (Wildman–Crippen LogP) is 2.71. The summed E-state index contributed by atoms with van der Waals surface area (Å²) in [6, 6.07) is 0. The minimum atomic E-state index is 0.453. The molecule has 1 fully saturated rings. The van der Waals surface area contributed by atoms with Gasteiger partial charge in [0.15, 0.2) is 0 Å². The largest absolute Gasteiger partial charge is 0.378 e. The van der Waals surface area contributed by atoms with E-state index in [4.69, 9.17) is 10.5 Å². The van der Waals surface area contributed by atoms with Crippen LogP contribution in [0.2, 0.25) is 0 Å². The third kappa shape index (κ3) is 3.97. The van der Waals surface area contributed by atoms with Crippen LogP contribution in [0.25, 0.3) is 0 Å². The van der Waals surface area contributed by atoms with Crippen molar-refractivity contribution in [2.75, 3.05) is 13.2 Å². The summed E-state index contributed by atoms with van der Waals surface area (Å²) in [6.07, 6.45) is 9.40. The first kappa shape index (κ1) is 12.0. The fraction of sp³-hybridized carbons (Fsp3) is 1.00. The van der Waals surface area contributed by atoms with Crippen molar-refractivity contribution in [3.05, 3.63) is 0 Å².